The fourth-order valence-corrected chi connectivity index (χ4v) is 29.1. The Morgan fingerprint density at radius 3 is 1.25 bits per heavy atom. The molecule has 0 aromatic rings. The highest BCUT2D eigenvalue weighted by atomic mass is 28.5. The highest BCUT2D eigenvalue weighted by molar-refractivity contribution is 6.93. The van der Waals surface area contributed by atoms with Gasteiger partial charge in [0.25, 0.3) is 0 Å². The Labute approximate surface area is 199 Å². The minimum Gasteiger partial charge on any atom is -0.416 e. The van der Waals surface area contributed by atoms with Gasteiger partial charge in [-0.3, -0.25) is 0 Å². The third kappa shape index (κ3) is 6.06. The average molecular weight is 517 g/mol. The third-order valence-electron chi connectivity index (χ3n) is 8.09. The van der Waals surface area contributed by atoms with Crippen LogP contribution in [-0.4, -0.2) is 58.7 Å². The van der Waals surface area contributed by atoms with E-state index in [1.807, 2.05) is 0 Å². The van der Waals surface area contributed by atoms with E-state index in [9.17, 15) is 0 Å². The van der Waals surface area contributed by atoms with Crippen LogP contribution in [0.15, 0.2) is 0 Å². The van der Waals surface area contributed by atoms with E-state index in [2.05, 4.69) is 39.3 Å². The smallest absolute Gasteiger partial charge is 0.317 e. The molecule has 0 N–H and O–H groups in total. The molecule has 5 aliphatic rings. The van der Waals surface area contributed by atoms with Crippen LogP contribution in [0.25, 0.3) is 0 Å². The average Bonchev–Trinajstić information content (AvgIpc) is 3.55. The normalized spacial score (nSPS) is 49.3. The number of hydrogen-bond donors (Lipinski definition) is 0. The molecule has 6 unspecified atom stereocenters. The zero-order chi connectivity index (χ0) is 22.8. The molecule has 184 valence electrons. The van der Waals surface area contributed by atoms with Gasteiger partial charge in [-0.25, -0.2) is 0 Å². The molecule has 3 saturated heterocycles. The van der Waals surface area contributed by atoms with Crippen LogP contribution in [0.1, 0.15) is 51.4 Å². The second-order valence-electron chi connectivity index (χ2n) is 12.3. The second kappa shape index (κ2) is 8.63. The van der Waals surface area contributed by atoms with Crippen LogP contribution in [0.4, 0.5) is 0 Å². The molecule has 0 amide bonds. The molecule has 0 spiro atoms. The maximum atomic E-state index is 6.91. The maximum absolute atomic E-state index is 6.91. The van der Waals surface area contributed by atoms with E-state index in [1.54, 1.807) is 0 Å². The van der Waals surface area contributed by atoms with Crippen molar-refractivity contribution in [1.82, 2.24) is 0 Å². The highest BCUT2D eigenvalue weighted by Crippen LogP contribution is 2.44. The van der Waals surface area contributed by atoms with Crippen molar-refractivity contribution in [3.8, 4) is 0 Å². The van der Waals surface area contributed by atoms with E-state index in [0.29, 0.717) is 24.4 Å². The summed E-state index contributed by atoms with van der Waals surface area (Å²) in [4.78, 5) is 0. The first-order valence-electron chi connectivity index (χ1n) is 13.0. The standard InChI is InChI=1S/C22H44O6Si4/c1-29(2)25-31(5,13-11-17-7-9-19-21(15-17)23-19)27-30(3,4)28-32(6,26-29)14-12-18-8-10-20-22(16-18)24-20/h17-22H,7-16H2,1-6H3. The largest absolute Gasteiger partial charge is 0.416 e. The van der Waals surface area contributed by atoms with Crippen LogP contribution < -0.4 is 0 Å². The molecule has 0 bridgehead atoms. The Kier molecular flexibility index (Phi) is 6.56. The molecule has 2 saturated carbocycles. The molecule has 0 aromatic heterocycles. The molecule has 2 aliphatic carbocycles. The topological polar surface area (TPSA) is 62.0 Å². The Hall–Kier alpha value is 0.628. The first kappa shape index (κ1) is 24.3. The van der Waals surface area contributed by atoms with E-state index in [-0.39, 0.29) is 0 Å². The summed E-state index contributed by atoms with van der Waals surface area (Å²) < 4.78 is 39.1. The van der Waals surface area contributed by atoms with Crippen LogP contribution in [0.5, 0.6) is 0 Å². The summed E-state index contributed by atoms with van der Waals surface area (Å²) in [5.74, 6) is 1.50. The summed E-state index contributed by atoms with van der Waals surface area (Å²) in [6, 6.07) is 2.08. The maximum Gasteiger partial charge on any atom is 0.317 e. The first-order chi connectivity index (χ1) is 14.9. The Bertz CT molecular complexity index is 632. The SMILES string of the molecule is C[Si]1(C)O[Si](C)(CCC2CCC3OC3C2)O[Si](C)(C)O[Si](C)(CCC2CCC3OC3C2)O1. The number of fused-ring (bicyclic) bond motifs is 2. The zero-order valence-electron chi connectivity index (χ0n) is 21.0. The molecular formula is C22H44O6Si4. The van der Waals surface area contributed by atoms with Crippen LogP contribution in [-0.2, 0) is 25.9 Å². The summed E-state index contributed by atoms with van der Waals surface area (Å²) in [7, 11) is -9.42. The molecule has 3 heterocycles. The first-order valence-corrected chi connectivity index (χ1v) is 23.7. The van der Waals surface area contributed by atoms with Crippen LogP contribution >= 0.6 is 0 Å². The van der Waals surface area contributed by atoms with Gasteiger partial charge in [-0.1, -0.05) is 0 Å². The monoisotopic (exact) mass is 516 g/mol. The van der Waals surface area contributed by atoms with Crippen molar-refractivity contribution >= 4 is 34.2 Å². The molecular weight excluding hydrogens is 473 g/mol. The Morgan fingerprint density at radius 1 is 0.531 bits per heavy atom. The molecule has 3 aliphatic heterocycles. The van der Waals surface area contributed by atoms with E-state index in [0.717, 1.165) is 23.9 Å². The Morgan fingerprint density at radius 2 is 0.906 bits per heavy atom. The van der Waals surface area contributed by atoms with Crippen molar-refractivity contribution in [3.05, 3.63) is 0 Å². The van der Waals surface area contributed by atoms with Gasteiger partial charge in [-0.15, -0.1) is 0 Å². The molecule has 5 rings (SSSR count). The van der Waals surface area contributed by atoms with Crippen molar-refractivity contribution in [1.29, 1.82) is 0 Å². The molecule has 0 aromatic carbocycles. The molecule has 6 atom stereocenters. The number of epoxide rings is 2. The van der Waals surface area contributed by atoms with Gasteiger partial charge in [0.1, 0.15) is 0 Å². The zero-order valence-corrected chi connectivity index (χ0v) is 25.0. The lowest BCUT2D eigenvalue weighted by Crippen LogP contribution is -2.65. The fraction of sp³-hybridized carbons (Fsp3) is 1.00. The predicted molar refractivity (Wildman–Crippen MR) is 133 cm³/mol. The van der Waals surface area contributed by atoms with Gasteiger partial charge in [0, 0.05) is 0 Å². The Balaban J connectivity index is 1.20. The van der Waals surface area contributed by atoms with Crippen LogP contribution in [0.2, 0.25) is 51.4 Å². The van der Waals surface area contributed by atoms with E-state index in [1.165, 1.54) is 51.4 Å². The van der Waals surface area contributed by atoms with Gasteiger partial charge in [0.15, 0.2) is 0 Å². The fourth-order valence-electron chi connectivity index (χ4n) is 6.80. The summed E-state index contributed by atoms with van der Waals surface area (Å²) in [6.45, 7) is 13.4. The second-order valence-corrected chi connectivity index (χ2v) is 26.7. The lowest BCUT2D eigenvalue weighted by Gasteiger charge is -2.49. The van der Waals surface area contributed by atoms with Crippen molar-refractivity contribution in [2.45, 2.75) is 127 Å². The minimum absolute atomic E-state index is 0.541. The minimum atomic E-state index is -2.37. The van der Waals surface area contributed by atoms with Crippen LogP contribution in [0, 0.1) is 11.8 Å². The number of rotatable bonds is 6. The third-order valence-corrected chi connectivity index (χ3v) is 25.3. The molecule has 6 nitrogen and oxygen atoms in total. The van der Waals surface area contributed by atoms with Crippen molar-refractivity contribution < 1.29 is 25.9 Å². The molecule has 32 heavy (non-hydrogen) atoms. The predicted octanol–water partition coefficient (Wildman–Crippen LogP) is 5.53. The van der Waals surface area contributed by atoms with E-state index < -0.39 is 34.2 Å². The summed E-state index contributed by atoms with van der Waals surface area (Å²) in [6.07, 6.45) is 12.1. The van der Waals surface area contributed by atoms with Crippen molar-refractivity contribution in [2.75, 3.05) is 0 Å². The van der Waals surface area contributed by atoms with Crippen molar-refractivity contribution in [2.24, 2.45) is 11.8 Å². The van der Waals surface area contributed by atoms with Gasteiger partial charge in [0.2, 0.25) is 0 Å². The van der Waals surface area contributed by atoms with Gasteiger partial charge < -0.3 is 25.9 Å². The number of hydrogen-bond acceptors (Lipinski definition) is 6. The van der Waals surface area contributed by atoms with Crippen molar-refractivity contribution in [3.63, 3.8) is 0 Å². The van der Waals surface area contributed by atoms with Crippen LogP contribution in [0.3, 0.4) is 0 Å². The lowest BCUT2D eigenvalue weighted by atomic mass is 9.88. The summed E-state index contributed by atoms with van der Waals surface area (Å²) >= 11 is 0. The highest BCUT2D eigenvalue weighted by Gasteiger charge is 2.54. The van der Waals surface area contributed by atoms with E-state index in [4.69, 9.17) is 25.9 Å². The van der Waals surface area contributed by atoms with Gasteiger partial charge in [-0.2, -0.15) is 0 Å². The molecule has 10 heteroatoms. The number of ether oxygens (including phenoxy) is 2. The quantitative estimate of drug-likeness (QED) is 0.342. The molecule has 0 radical (unpaired) electrons. The van der Waals surface area contributed by atoms with Gasteiger partial charge >= 0.3 is 34.2 Å². The van der Waals surface area contributed by atoms with Gasteiger partial charge in [0.05, 0.1) is 24.4 Å². The lowest BCUT2D eigenvalue weighted by molar-refractivity contribution is 0.224. The molecule has 5 fully saturated rings. The van der Waals surface area contributed by atoms with E-state index >= 15 is 0 Å². The summed E-state index contributed by atoms with van der Waals surface area (Å²) in [5.41, 5.74) is 0. The van der Waals surface area contributed by atoms with Gasteiger partial charge in [-0.05, 0) is 115 Å². The summed E-state index contributed by atoms with van der Waals surface area (Å²) in [5, 5.41) is 0.